The van der Waals surface area contributed by atoms with Gasteiger partial charge in [-0.15, -0.1) is 0 Å². The maximum atomic E-state index is 12.4. The highest BCUT2D eigenvalue weighted by Gasteiger charge is 2.35. The van der Waals surface area contributed by atoms with Crippen LogP contribution >= 0.6 is 0 Å². The fourth-order valence-electron chi connectivity index (χ4n) is 3.67. The van der Waals surface area contributed by atoms with Crippen molar-refractivity contribution in [3.05, 3.63) is 35.4 Å². The van der Waals surface area contributed by atoms with Gasteiger partial charge in [0.05, 0.1) is 11.1 Å². The summed E-state index contributed by atoms with van der Waals surface area (Å²) in [5.41, 5.74) is 0.871. The average molecular weight is 314 g/mol. The number of hydrogen-bond acceptors (Lipinski definition) is 3. The topological polar surface area (TPSA) is 57.7 Å². The Labute approximate surface area is 136 Å². The third-order valence-corrected chi connectivity index (χ3v) is 4.65. The Bertz CT molecular complexity index is 610. The van der Waals surface area contributed by atoms with E-state index in [9.17, 15) is 14.4 Å². The summed E-state index contributed by atoms with van der Waals surface area (Å²) in [4.78, 5) is 40.0. The van der Waals surface area contributed by atoms with Gasteiger partial charge in [0, 0.05) is 26.1 Å². The Kier molecular flexibility index (Phi) is 4.20. The maximum absolute atomic E-state index is 12.4. The van der Waals surface area contributed by atoms with E-state index in [1.807, 2.05) is 4.90 Å². The second-order valence-electron chi connectivity index (χ2n) is 6.80. The van der Waals surface area contributed by atoms with E-state index in [-0.39, 0.29) is 30.7 Å². The van der Waals surface area contributed by atoms with Gasteiger partial charge in [-0.05, 0) is 30.4 Å². The Morgan fingerprint density at radius 3 is 2.09 bits per heavy atom. The van der Waals surface area contributed by atoms with Gasteiger partial charge in [0.2, 0.25) is 5.91 Å². The number of nitrogens with zero attached hydrogens (tertiary/aromatic N) is 2. The number of likely N-dealkylation sites (tertiary alicyclic amines) is 1. The van der Waals surface area contributed by atoms with Crippen LogP contribution in [0.1, 0.15) is 47.4 Å². The molecule has 2 aliphatic rings. The first-order chi connectivity index (χ1) is 11.0. The van der Waals surface area contributed by atoms with Gasteiger partial charge in [0.25, 0.3) is 11.8 Å². The molecule has 3 amide bonds. The zero-order valence-electron chi connectivity index (χ0n) is 13.6. The van der Waals surface area contributed by atoms with E-state index >= 15 is 0 Å². The minimum absolute atomic E-state index is 0.0277. The summed E-state index contributed by atoms with van der Waals surface area (Å²) >= 11 is 0. The van der Waals surface area contributed by atoms with Gasteiger partial charge in [0.15, 0.2) is 0 Å². The summed E-state index contributed by atoms with van der Waals surface area (Å²) in [5.74, 6) is 0.446. The number of rotatable bonds is 3. The molecule has 0 saturated carbocycles. The molecule has 2 aliphatic heterocycles. The van der Waals surface area contributed by atoms with Gasteiger partial charge >= 0.3 is 0 Å². The largest absolute Gasteiger partial charge is 0.342 e. The number of carbonyl (C=O) groups excluding carboxylic acids is 3. The van der Waals surface area contributed by atoms with Crippen LogP contribution in [0.25, 0.3) is 0 Å². The van der Waals surface area contributed by atoms with Crippen LogP contribution in [0.4, 0.5) is 0 Å². The van der Waals surface area contributed by atoms with Crippen LogP contribution in [0.5, 0.6) is 0 Å². The van der Waals surface area contributed by atoms with E-state index in [0.717, 1.165) is 19.5 Å². The first-order valence-electron chi connectivity index (χ1n) is 8.20. The van der Waals surface area contributed by atoms with Crippen molar-refractivity contribution in [3.63, 3.8) is 0 Å². The fourth-order valence-corrected chi connectivity index (χ4v) is 3.67. The number of benzene rings is 1. The summed E-state index contributed by atoms with van der Waals surface area (Å²) in [7, 11) is 0. The van der Waals surface area contributed by atoms with Gasteiger partial charge in [-0.2, -0.15) is 0 Å². The molecule has 5 heteroatoms. The number of imide groups is 1. The van der Waals surface area contributed by atoms with E-state index in [0.29, 0.717) is 23.0 Å². The molecule has 3 rings (SSSR count). The zero-order chi connectivity index (χ0) is 16.6. The SMILES string of the molecule is CC1CC(C)CN(C(=O)CCN2C(=O)c3ccccc3C2=O)C1. The van der Waals surface area contributed by atoms with Crippen molar-refractivity contribution in [2.75, 3.05) is 19.6 Å². The summed E-state index contributed by atoms with van der Waals surface area (Å²) in [6.07, 6.45) is 1.34. The summed E-state index contributed by atoms with van der Waals surface area (Å²) in [5, 5.41) is 0. The molecule has 1 saturated heterocycles. The predicted octanol–water partition coefficient (Wildman–Crippen LogP) is 2.18. The van der Waals surface area contributed by atoms with Crippen LogP contribution in [0, 0.1) is 11.8 Å². The van der Waals surface area contributed by atoms with E-state index in [4.69, 9.17) is 0 Å². The van der Waals surface area contributed by atoms with Crippen molar-refractivity contribution >= 4 is 17.7 Å². The molecule has 5 nitrogen and oxygen atoms in total. The number of hydrogen-bond donors (Lipinski definition) is 0. The molecule has 2 unspecified atom stereocenters. The highest BCUT2D eigenvalue weighted by Crippen LogP contribution is 2.24. The molecule has 23 heavy (non-hydrogen) atoms. The molecule has 1 aromatic rings. The molecule has 0 bridgehead atoms. The highest BCUT2D eigenvalue weighted by molar-refractivity contribution is 6.21. The Morgan fingerprint density at radius 1 is 1.04 bits per heavy atom. The normalized spacial score (nSPS) is 24.1. The van der Waals surface area contributed by atoms with Gasteiger partial charge in [-0.3, -0.25) is 19.3 Å². The van der Waals surface area contributed by atoms with Gasteiger partial charge in [0.1, 0.15) is 0 Å². The maximum Gasteiger partial charge on any atom is 0.261 e. The monoisotopic (exact) mass is 314 g/mol. The zero-order valence-corrected chi connectivity index (χ0v) is 13.6. The van der Waals surface area contributed by atoms with Crippen molar-refractivity contribution in [2.24, 2.45) is 11.8 Å². The molecule has 1 fully saturated rings. The first kappa shape index (κ1) is 15.7. The van der Waals surface area contributed by atoms with Crippen molar-refractivity contribution < 1.29 is 14.4 Å². The molecule has 0 radical (unpaired) electrons. The highest BCUT2D eigenvalue weighted by atomic mass is 16.2. The van der Waals surface area contributed by atoms with Crippen molar-refractivity contribution in [2.45, 2.75) is 26.7 Å². The Hall–Kier alpha value is -2.17. The van der Waals surface area contributed by atoms with Crippen LogP contribution in [-0.2, 0) is 4.79 Å². The number of carbonyl (C=O) groups is 3. The molecular formula is C18H22N2O3. The summed E-state index contributed by atoms with van der Waals surface area (Å²) < 4.78 is 0. The molecule has 122 valence electrons. The fraction of sp³-hybridized carbons (Fsp3) is 0.500. The molecule has 0 aromatic heterocycles. The first-order valence-corrected chi connectivity index (χ1v) is 8.20. The minimum Gasteiger partial charge on any atom is -0.342 e. The van der Waals surface area contributed by atoms with E-state index in [1.165, 1.54) is 4.90 Å². The number of amides is 3. The third kappa shape index (κ3) is 3.00. The average Bonchev–Trinajstić information content (AvgIpc) is 2.76. The van der Waals surface area contributed by atoms with Crippen molar-refractivity contribution in [3.8, 4) is 0 Å². The van der Waals surface area contributed by atoms with E-state index in [1.54, 1.807) is 24.3 Å². The third-order valence-electron chi connectivity index (χ3n) is 4.65. The Balaban J connectivity index is 1.62. The number of fused-ring (bicyclic) bond motifs is 1. The van der Waals surface area contributed by atoms with Crippen LogP contribution < -0.4 is 0 Å². The molecular weight excluding hydrogens is 292 g/mol. The summed E-state index contributed by atoms with van der Waals surface area (Å²) in [6.45, 7) is 6.00. The molecule has 2 atom stereocenters. The lowest BCUT2D eigenvalue weighted by Crippen LogP contribution is -2.44. The van der Waals surface area contributed by atoms with Crippen LogP contribution in [-0.4, -0.2) is 47.2 Å². The summed E-state index contributed by atoms with van der Waals surface area (Å²) in [6, 6.07) is 6.81. The molecule has 0 spiro atoms. The smallest absolute Gasteiger partial charge is 0.261 e. The molecule has 2 heterocycles. The molecule has 1 aromatic carbocycles. The van der Waals surface area contributed by atoms with Crippen molar-refractivity contribution in [1.82, 2.24) is 9.80 Å². The minimum atomic E-state index is -0.293. The lowest BCUT2D eigenvalue weighted by molar-refractivity contribution is -0.133. The molecule has 0 N–H and O–H groups in total. The van der Waals surface area contributed by atoms with Gasteiger partial charge in [-0.25, -0.2) is 0 Å². The van der Waals surface area contributed by atoms with Crippen LogP contribution in [0.2, 0.25) is 0 Å². The number of piperidine rings is 1. The Morgan fingerprint density at radius 2 is 1.57 bits per heavy atom. The second-order valence-corrected chi connectivity index (χ2v) is 6.80. The van der Waals surface area contributed by atoms with Crippen LogP contribution in [0.15, 0.2) is 24.3 Å². The standard InChI is InChI=1S/C18H22N2O3/c1-12-9-13(2)11-19(10-12)16(21)7-8-20-17(22)14-5-3-4-6-15(14)18(20)23/h3-6,12-13H,7-11H2,1-2H3. The van der Waals surface area contributed by atoms with Crippen molar-refractivity contribution in [1.29, 1.82) is 0 Å². The second kappa shape index (κ2) is 6.14. The van der Waals surface area contributed by atoms with E-state index in [2.05, 4.69) is 13.8 Å². The van der Waals surface area contributed by atoms with Gasteiger partial charge < -0.3 is 4.90 Å². The van der Waals surface area contributed by atoms with Gasteiger partial charge in [-0.1, -0.05) is 26.0 Å². The lowest BCUT2D eigenvalue weighted by atomic mass is 9.92. The van der Waals surface area contributed by atoms with Crippen LogP contribution in [0.3, 0.4) is 0 Å². The molecule has 0 aliphatic carbocycles. The predicted molar refractivity (Wildman–Crippen MR) is 86.0 cm³/mol. The lowest BCUT2D eigenvalue weighted by Gasteiger charge is -2.35. The quantitative estimate of drug-likeness (QED) is 0.804. The van der Waals surface area contributed by atoms with E-state index < -0.39 is 0 Å².